The topological polar surface area (TPSA) is 29.1 Å². The number of thiophene rings is 1. The second-order valence-electron chi connectivity index (χ2n) is 5.27. The second kappa shape index (κ2) is 6.16. The fraction of sp³-hybridized carbons (Fsp3) is 0.105. The van der Waals surface area contributed by atoms with Crippen molar-refractivity contribution in [3.05, 3.63) is 76.7 Å². The van der Waals surface area contributed by atoms with E-state index in [1.54, 1.807) is 11.3 Å². The summed E-state index contributed by atoms with van der Waals surface area (Å²) in [5.74, 6) is -0.0652. The van der Waals surface area contributed by atoms with E-state index in [4.69, 9.17) is 0 Å². The number of rotatable bonds is 3. The molecule has 0 saturated heterocycles. The van der Waals surface area contributed by atoms with Crippen molar-refractivity contribution in [2.75, 3.05) is 5.32 Å². The number of carbonyl (C=O) groups is 1. The highest BCUT2D eigenvalue weighted by Gasteiger charge is 2.10. The Hall–Kier alpha value is -2.39. The van der Waals surface area contributed by atoms with Gasteiger partial charge in [0, 0.05) is 10.4 Å². The molecular weight excluding hydrogens is 290 g/mol. The van der Waals surface area contributed by atoms with Gasteiger partial charge in [0.1, 0.15) is 0 Å². The van der Waals surface area contributed by atoms with Gasteiger partial charge in [-0.25, -0.2) is 0 Å². The Bertz CT molecular complexity index is 788. The lowest BCUT2D eigenvalue weighted by Gasteiger charge is -2.06. The van der Waals surface area contributed by atoms with E-state index in [1.807, 2.05) is 56.3 Å². The van der Waals surface area contributed by atoms with Gasteiger partial charge in [-0.3, -0.25) is 4.79 Å². The SMILES string of the molecule is Cc1cc(C)c(NC(=O)c2ccc(-c3ccccc3)cc2)s1. The second-order valence-corrected chi connectivity index (χ2v) is 6.52. The smallest absolute Gasteiger partial charge is 0.256 e. The average molecular weight is 307 g/mol. The summed E-state index contributed by atoms with van der Waals surface area (Å²) in [4.78, 5) is 13.5. The van der Waals surface area contributed by atoms with Crippen molar-refractivity contribution in [3.63, 3.8) is 0 Å². The van der Waals surface area contributed by atoms with E-state index >= 15 is 0 Å². The Morgan fingerprint density at radius 1 is 0.909 bits per heavy atom. The zero-order chi connectivity index (χ0) is 15.5. The summed E-state index contributed by atoms with van der Waals surface area (Å²) in [6, 6.07) is 19.9. The molecule has 1 aromatic heterocycles. The summed E-state index contributed by atoms with van der Waals surface area (Å²) in [7, 11) is 0. The van der Waals surface area contributed by atoms with Crippen LogP contribution in [0.5, 0.6) is 0 Å². The van der Waals surface area contributed by atoms with Gasteiger partial charge in [0.15, 0.2) is 0 Å². The van der Waals surface area contributed by atoms with Gasteiger partial charge in [-0.15, -0.1) is 11.3 Å². The van der Waals surface area contributed by atoms with E-state index in [-0.39, 0.29) is 5.91 Å². The van der Waals surface area contributed by atoms with Crippen molar-refractivity contribution < 1.29 is 4.79 Å². The minimum absolute atomic E-state index is 0.0652. The van der Waals surface area contributed by atoms with Crippen molar-refractivity contribution >= 4 is 22.2 Å². The standard InChI is InChI=1S/C19H17NOS/c1-13-12-14(2)22-19(13)20-18(21)17-10-8-16(9-11-17)15-6-4-3-5-7-15/h3-12H,1-2H3,(H,20,21). The first-order chi connectivity index (χ1) is 10.6. The lowest BCUT2D eigenvalue weighted by atomic mass is 10.0. The van der Waals surface area contributed by atoms with E-state index < -0.39 is 0 Å². The molecular formula is C19H17NOS. The molecule has 0 aliphatic heterocycles. The summed E-state index contributed by atoms with van der Waals surface area (Å²) in [5, 5.41) is 3.91. The molecule has 3 rings (SSSR count). The first-order valence-corrected chi connectivity index (χ1v) is 7.99. The maximum atomic E-state index is 12.3. The monoisotopic (exact) mass is 307 g/mol. The van der Waals surface area contributed by atoms with E-state index in [2.05, 4.69) is 23.5 Å². The van der Waals surface area contributed by atoms with E-state index in [9.17, 15) is 4.79 Å². The van der Waals surface area contributed by atoms with Gasteiger partial charge in [0.2, 0.25) is 0 Å². The van der Waals surface area contributed by atoms with E-state index in [0.29, 0.717) is 5.56 Å². The van der Waals surface area contributed by atoms with Gasteiger partial charge in [-0.05, 0) is 48.7 Å². The van der Waals surface area contributed by atoms with Gasteiger partial charge in [0.05, 0.1) is 5.00 Å². The molecule has 0 radical (unpaired) electrons. The molecule has 0 aliphatic carbocycles. The number of hydrogen-bond donors (Lipinski definition) is 1. The molecule has 0 bridgehead atoms. The largest absolute Gasteiger partial charge is 0.313 e. The fourth-order valence-corrected chi connectivity index (χ4v) is 3.31. The van der Waals surface area contributed by atoms with Gasteiger partial charge in [-0.1, -0.05) is 42.5 Å². The molecule has 2 nitrogen and oxygen atoms in total. The first-order valence-electron chi connectivity index (χ1n) is 7.17. The Kier molecular flexibility index (Phi) is 4.07. The molecule has 0 unspecified atom stereocenters. The Labute approximate surface area is 134 Å². The molecule has 0 spiro atoms. The lowest BCUT2D eigenvalue weighted by molar-refractivity contribution is 0.102. The molecule has 110 valence electrons. The normalized spacial score (nSPS) is 10.5. The average Bonchev–Trinajstić information content (AvgIpc) is 2.86. The van der Waals surface area contributed by atoms with Crippen LogP contribution < -0.4 is 5.32 Å². The van der Waals surface area contributed by atoms with Crippen molar-refractivity contribution in [2.45, 2.75) is 13.8 Å². The number of carbonyl (C=O) groups excluding carboxylic acids is 1. The van der Waals surface area contributed by atoms with Crippen molar-refractivity contribution in [3.8, 4) is 11.1 Å². The van der Waals surface area contributed by atoms with Crippen LogP contribution in [0.15, 0.2) is 60.7 Å². The molecule has 1 heterocycles. The number of aryl methyl sites for hydroxylation is 2. The van der Waals surface area contributed by atoms with Crippen molar-refractivity contribution in [1.29, 1.82) is 0 Å². The molecule has 2 aromatic carbocycles. The molecule has 0 aliphatic rings. The van der Waals surface area contributed by atoms with Crippen LogP contribution in [0.4, 0.5) is 5.00 Å². The van der Waals surface area contributed by atoms with Gasteiger partial charge in [0.25, 0.3) is 5.91 Å². The van der Waals surface area contributed by atoms with Crippen molar-refractivity contribution in [1.82, 2.24) is 0 Å². The Morgan fingerprint density at radius 2 is 1.55 bits per heavy atom. The van der Waals surface area contributed by atoms with Crippen LogP contribution in [-0.2, 0) is 0 Å². The van der Waals surface area contributed by atoms with Gasteiger partial charge >= 0.3 is 0 Å². The summed E-state index contributed by atoms with van der Waals surface area (Å²) in [6.07, 6.45) is 0. The van der Waals surface area contributed by atoms with Gasteiger partial charge in [-0.2, -0.15) is 0 Å². The summed E-state index contributed by atoms with van der Waals surface area (Å²) >= 11 is 1.61. The number of nitrogens with one attached hydrogen (secondary N) is 1. The number of hydrogen-bond acceptors (Lipinski definition) is 2. The molecule has 22 heavy (non-hydrogen) atoms. The molecule has 1 N–H and O–H groups in total. The highest BCUT2D eigenvalue weighted by atomic mass is 32.1. The minimum atomic E-state index is -0.0652. The number of amides is 1. The van der Waals surface area contributed by atoms with E-state index in [1.165, 1.54) is 4.88 Å². The predicted molar refractivity (Wildman–Crippen MR) is 93.6 cm³/mol. The van der Waals surface area contributed by atoms with Crippen LogP contribution in [0, 0.1) is 13.8 Å². The van der Waals surface area contributed by atoms with Crippen LogP contribution in [0.1, 0.15) is 20.8 Å². The third kappa shape index (κ3) is 3.10. The summed E-state index contributed by atoms with van der Waals surface area (Å²) in [6.45, 7) is 4.06. The zero-order valence-electron chi connectivity index (χ0n) is 12.6. The summed E-state index contributed by atoms with van der Waals surface area (Å²) < 4.78 is 0. The Morgan fingerprint density at radius 3 is 2.14 bits per heavy atom. The number of benzene rings is 2. The third-order valence-corrected chi connectivity index (χ3v) is 4.59. The third-order valence-electron chi connectivity index (χ3n) is 3.52. The summed E-state index contributed by atoms with van der Waals surface area (Å²) in [5.41, 5.74) is 4.04. The van der Waals surface area contributed by atoms with E-state index in [0.717, 1.165) is 21.7 Å². The molecule has 0 saturated carbocycles. The van der Waals surface area contributed by atoms with Crippen LogP contribution >= 0.6 is 11.3 Å². The maximum Gasteiger partial charge on any atom is 0.256 e. The highest BCUT2D eigenvalue weighted by Crippen LogP contribution is 2.27. The molecule has 3 aromatic rings. The van der Waals surface area contributed by atoms with Crippen LogP contribution in [0.25, 0.3) is 11.1 Å². The molecule has 0 atom stereocenters. The minimum Gasteiger partial charge on any atom is -0.313 e. The van der Waals surface area contributed by atoms with Crippen LogP contribution in [0.2, 0.25) is 0 Å². The zero-order valence-corrected chi connectivity index (χ0v) is 13.4. The fourth-order valence-electron chi connectivity index (χ4n) is 2.39. The predicted octanol–water partition coefficient (Wildman–Crippen LogP) is 5.28. The molecule has 3 heteroatoms. The lowest BCUT2D eigenvalue weighted by Crippen LogP contribution is -2.11. The van der Waals surface area contributed by atoms with Crippen molar-refractivity contribution in [2.24, 2.45) is 0 Å². The van der Waals surface area contributed by atoms with Crippen LogP contribution in [0.3, 0.4) is 0 Å². The maximum absolute atomic E-state index is 12.3. The first kappa shape index (κ1) is 14.5. The van der Waals surface area contributed by atoms with Gasteiger partial charge < -0.3 is 5.32 Å². The molecule has 1 amide bonds. The number of anilines is 1. The Balaban J connectivity index is 1.78. The quantitative estimate of drug-likeness (QED) is 0.700. The van der Waals surface area contributed by atoms with Crippen LogP contribution in [-0.4, -0.2) is 5.91 Å². The highest BCUT2D eigenvalue weighted by molar-refractivity contribution is 7.16. The molecule has 0 fully saturated rings.